The summed E-state index contributed by atoms with van der Waals surface area (Å²) in [6.45, 7) is 14.5. The average Bonchev–Trinajstić information content (AvgIpc) is 3.08. The van der Waals surface area contributed by atoms with Crippen LogP contribution in [-0.2, 0) is 19.1 Å². The van der Waals surface area contributed by atoms with Crippen LogP contribution in [0, 0.1) is 17.8 Å². The van der Waals surface area contributed by atoms with Gasteiger partial charge >= 0.3 is 0 Å². The van der Waals surface area contributed by atoms with Gasteiger partial charge in [0.25, 0.3) is 0 Å². The number of ketones is 3. The lowest BCUT2D eigenvalue weighted by atomic mass is 9.76. The second-order valence-corrected chi connectivity index (χ2v) is 11.5. The van der Waals surface area contributed by atoms with Gasteiger partial charge in [0.2, 0.25) is 11.6 Å². The van der Waals surface area contributed by atoms with Crippen molar-refractivity contribution in [3.8, 4) is 0 Å². The van der Waals surface area contributed by atoms with Gasteiger partial charge in [0.15, 0.2) is 11.4 Å². The van der Waals surface area contributed by atoms with Gasteiger partial charge in [-0.1, -0.05) is 79.1 Å². The number of hydrogen-bond acceptors (Lipinski definition) is 4. The highest BCUT2D eigenvalue weighted by atomic mass is 16.5. The summed E-state index contributed by atoms with van der Waals surface area (Å²) in [6, 6.07) is 0. The first-order valence-corrected chi connectivity index (χ1v) is 12.9. The summed E-state index contributed by atoms with van der Waals surface area (Å²) < 4.78 is 6.19. The lowest BCUT2D eigenvalue weighted by Crippen LogP contribution is -2.55. The van der Waals surface area contributed by atoms with Crippen LogP contribution in [0.4, 0.5) is 0 Å². The molecular formula is C28H46O4. The van der Waals surface area contributed by atoms with Gasteiger partial charge in [-0.2, -0.15) is 0 Å². The molecular weight excluding hydrogens is 400 g/mol. The molecule has 2 unspecified atom stereocenters. The van der Waals surface area contributed by atoms with Crippen LogP contribution in [0.3, 0.4) is 0 Å². The van der Waals surface area contributed by atoms with Gasteiger partial charge < -0.3 is 4.74 Å². The minimum absolute atomic E-state index is 0.269. The van der Waals surface area contributed by atoms with Gasteiger partial charge in [0.05, 0.1) is 5.60 Å². The summed E-state index contributed by atoms with van der Waals surface area (Å²) in [7, 11) is 0. The summed E-state index contributed by atoms with van der Waals surface area (Å²) in [5.41, 5.74) is -1.43. The van der Waals surface area contributed by atoms with E-state index in [1.165, 1.54) is 38.5 Å². The first-order chi connectivity index (χ1) is 14.9. The molecule has 0 aromatic heterocycles. The third-order valence-corrected chi connectivity index (χ3v) is 7.88. The van der Waals surface area contributed by atoms with Gasteiger partial charge in [-0.15, -0.1) is 0 Å². The van der Waals surface area contributed by atoms with E-state index in [4.69, 9.17) is 4.74 Å². The molecule has 1 aliphatic heterocycles. The van der Waals surface area contributed by atoms with Gasteiger partial charge in [0, 0.05) is 11.1 Å². The summed E-state index contributed by atoms with van der Waals surface area (Å²) in [4.78, 5) is 38.0. The second-order valence-electron chi connectivity index (χ2n) is 11.5. The molecule has 4 atom stereocenters. The molecule has 4 nitrogen and oxygen atoms in total. The molecule has 4 heteroatoms. The van der Waals surface area contributed by atoms with E-state index >= 15 is 0 Å². The molecule has 0 radical (unpaired) electrons. The summed E-state index contributed by atoms with van der Waals surface area (Å²) >= 11 is 0. The van der Waals surface area contributed by atoms with Crippen molar-refractivity contribution in [1.29, 1.82) is 0 Å². The van der Waals surface area contributed by atoms with Crippen molar-refractivity contribution in [1.82, 2.24) is 0 Å². The third-order valence-electron chi connectivity index (χ3n) is 7.88. The molecule has 182 valence electrons. The van der Waals surface area contributed by atoms with Gasteiger partial charge in [0.1, 0.15) is 0 Å². The summed E-state index contributed by atoms with van der Waals surface area (Å²) in [5, 5.41) is 0. The lowest BCUT2D eigenvalue weighted by Gasteiger charge is -2.33. The predicted octanol–water partition coefficient (Wildman–Crippen LogP) is 6.79. The summed E-state index contributed by atoms with van der Waals surface area (Å²) in [6.07, 6.45) is 11.8. The zero-order valence-corrected chi connectivity index (χ0v) is 21.6. The van der Waals surface area contributed by atoms with E-state index in [0.717, 1.165) is 31.1 Å². The lowest BCUT2D eigenvalue weighted by molar-refractivity contribution is -0.166. The molecule has 2 rings (SSSR count). The molecule has 2 aliphatic rings. The van der Waals surface area contributed by atoms with E-state index in [-0.39, 0.29) is 11.4 Å². The topological polar surface area (TPSA) is 60.4 Å². The largest absolute Gasteiger partial charge is 0.352 e. The van der Waals surface area contributed by atoms with E-state index in [2.05, 4.69) is 27.7 Å². The maximum Gasteiger partial charge on any atom is 0.242 e. The van der Waals surface area contributed by atoms with Gasteiger partial charge in [-0.3, -0.25) is 14.4 Å². The predicted molar refractivity (Wildman–Crippen MR) is 130 cm³/mol. The first-order valence-electron chi connectivity index (χ1n) is 12.9. The van der Waals surface area contributed by atoms with Crippen LogP contribution in [0.5, 0.6) is 0 Å². The molecule has 0 saturated carbocycles. The van der Waals surface area contributed by atoms with Gasteiger partial charge in [-0.05, 0) is 57.8 Å². The van der Waals surface area contributed by atoms with Crippen molar-refractivity contribution >= 4 is 17.3 Å². The number of carbonyl (C=O) groups is 3. The molecule has 32 heavy (non-hydrogen) atoms. The fourth-order valence-electron chi connectivity index (χ4n) is 5.36. The highest BCUT2D eigenvalue weighted by molar-refractivity contribution is 6.54. The standard InChI is InChI=1S/C28H46O4/c1-19(2)11-8-12-20(3)13-9-14-21(4)15-10-16-27(7)17-18-28(32-27)25(30)23(6)22(5)24(29)26(28)31/h19-21H,8-18H2,1-7H3/t20-,21-,27?,28?/m1/s1. The second kappa shape index (κ2) is 11.2. The van der Waals surface area contributed by atoms with Crippen LogP contribution in [0.2, 0.25) is 0 Å². The maximum atomic E-state index is 12.9. The Morgan fingerprint density at radius 3 is 1.84 bits per heavy atom. The molecule has 0 amide bonds. The summed E-state index contributed by atoms with van der Waals surface area (Å²) in [5.74, 6) is 0.770. The van der Waals surface area contributed by atoms with Crippen LogP contribution in [0.15, 0.2) is 11.1 Å². The van der Waals surface area contributed by atoms with Crippen molar-refractivity contribution < 1.29 is 19.1 Å². The fraction of sp³-hybridized carbons (Fsp3) is 0.821. The normalized spacial score (nSPS) is 28.3. The highest BCUT2D eigenvalue weighted by Crippen LogP contribution is 2.45. The Bertz CT molecular complexity index is 734. The maximum absolute atomic E-state index is 12.9. The van der Waals surface area contributed by atoms with Crippen molar-refractivity contribution in [2.24, 2.45) is 17.8 Å². The van der Waals surface area contributed by atoms with Crippen molar-refractivity contribution in [2.45, 2.75) is 130 Å². The molecule has 1 saturated heterocycles. The van der Waals surface area contributed by atoms with Crippen molar-refractivity contribution in [3.05, 3.63) is 11.1 Å². The third kappa shape index (κ3) is 6.40. The number of allylic oxidation sites excluding steroid dienone is 1. The van der Waals surface area contributed by atoms with Crippen LogP contribution in [0.25, 0.3) is 0 Å². The minimum atomic E-state index is -1.56. The number of ether oxygens (including phenoxy) is 1. The van der Waals surface area contributed by atoms with Gasteiger partial charge in [-0.25, -0.2) is 0 Å². The Kier molecular flexibility index (Phi) is 9.46. The quantitative estimate of drug-likeness (QED) is 0.244. The van der Waals surface area contributed by atoms with Crippen molar-refractivity contribution in [3.63, 3.8) is 0 Å². The van der Waals surface area contributed by atoms with E-state index in [1.54, 1.807) is 13.8 Å². The number of carbonyl (C=O) groups excluding carboxylic acids is 3. The number of rotatable bonds is 12. The van der Waals surface area contributed by atoms with Crippen LogP contribution in [-0.4, -0.2) is 28.6 Å². The Morgan fingerprint density at radius 1 is 0.750 bits per heavy atom. The zero-order chi connectivity index (χ0) is 24.1. The number of hydrogen-bond donors (Lipinski definition) is 0. The van der Waals surface area contributed by atoms with E-state index in [1.807, 2.05) is 6.92 Å². The zero-order valence-electron chi connectivity index (χ0n) is 21.6. The van der Waals surface area contributed by atoms with E-state index in [9.17, 15) is 14.4 Å². The average molecular weight is 447 g/mol. The molecule has 0 N–H and O–H groups in total. The Hall–Kier alpha value is -1.29. The van der Waals surface area contributed by atoms with E-state index < -0.39 is 22.8 Å². The van der Waals surface area contributed by atoms with E-state index in [0.29, 0.717) is 24.3 Å². The Morgan fingerprint density at radius 2 is 1.28 bits per heavy atom. The Balaban J connectivity index is 1.75. The van der Waals surface area contributed by atoms with Crippen LogP contribution < -0.4 is 0 Å². The smallest absolute Gasteiger partial charge is 0.242 e. The molecule has 1 heterocycles. The molecule has 1 spiro atoms. The Labute approximate surface area is 195 Å². The molecule has 1 fully saturated rings. The van der Waals surface area contributed by atoms with Crippen LogP contribution >= 0.6 is 0 Å². The molecule has 0 bridgehead atoms. The SMILES string of the molecule is CC1=C(C)C(=O)C2(CCC(C)(CCC[C@H](C)CCC[C@H](C)CCCC(C)C)O2)C(=O)C1=O. The minimum Gasteiger partial charge on any atom is -0.352 e. The fourth-order valence-corrected chi connectivity index (χ4v) is 5.36. The van der Waals surface area contributed by atoms with Crippen LogP contribution in [0.1, 0.15) is 119 Å². The monoisotopic (exact) mass is 446 g/mol. The molecule has 0 aromatic rings. The highest BCUT2D eigenvalue weighted by Gasteiger charge is 2.60. The van der Waals surface area contributed by atoms with Crippen molar-refractivity contribution in [2.75, 3.05) is 0 Å². The first kappa shape index (κ1) is 27.0. The number of Topliss-reactive ketones (excluding diaryl/α,β-unsaturated/α-hetero) is 3. The molecule has 0 aromatic carbocycles. The molecule has 1 aliphatic carbocycles.